The van der Waals surface area contributed by atoms with Gasteiger partial charge in [-0.2, -0.15) is 0 Å². The van der Waals surface area contributed by atoms with Gasteiger partial charge < -0.3 is 9.47 Å². The fourth-order valence-corrected chi connectivity index (χ4v) is 4.27. The summed E-state index contributed by atoms with van der Waals surface area (Å²) in [6, 6.07) is 0. The third-order valence-electron chi connectivity index (χ3n) is 6.55. The van der Waals surface area contributed by atoms with Crippen molar-refractivity contribution in [1.82, 2.24) is 0 Å². The SMILES string of the molecule is CCCCCCCCCCCCC(C)COC(=O)OC(C)CCCCCCCCCCC. The fourth-order valence-electron chi connectivity index (χ4n) is 4.27. The molecule has 3 heteroatoms. The van der Waals surface area contributed by atoms with E-state index in [1.807, 2.05) is 6.92 Å². The molecule has 0 radical (unpaired) electrons. The molecule has 0 saturated carbocycles. The molecule has 0 rings (SSSR count). The molecule has 0 aliphatic rings. The normalized spacial score (nSPS) is 13.1. The molecule has 0 heterocycles. The lowest BCUT2D eigenvalue weighted by molar-refractivity contribution is 0.0181. The Morgan fingerprint density at radius 3 is 1.38 bits per heavy atom. The van der Waals surface area contributed by atoms with Crippen molar-refractivity contribution in [1.29, 1.82) is 0 Å². The highest BCUT2D eigenvalue weighted by Crippen LogP contribution is 2.15. The van der Waals surface area contributed by atoms with Gasteiger partial charge in [0.2, 0.25) is 0 Å². The first-order chi connectivity index (χ1) is 15.6. The highest BCUT2D eigenvalue weighted by molar-refractivity contribution is 5.60. The number of hydrogen-bond acceptors (Lipinski definition) is 3. The molecular formula is C29H58O3. The average Bonchev–Trinajstić information content (AvgIpc) is 2.77. The maximum Gasteiger partial charge on any atom is 0.508 e. The lowest BCUT2D eigenvalue weighted by Gasteiger charge is -2.15. The van der Waals surface area contributed by atoms with Crippen molar-refractivity contribution in [3.63, 3.8) is 0 Å². The van der Waals surface area contributed by atoms with Gasteiger partial charge in [-0.25, -0.2) is 4.79 Å². The van der Waals surface area contributed by atoms with Crippen molar-refractivity contribution < 1.29 is 14.3 Å². The minimum absolute atomic E-state index is 0.0377. The fraction of sp³-hybridized carbons (Fsp3) is 0.966. The summed E-state index contributed by atoms with van der Waals surface area (Å²) in [7, 11) is 0. The van der Waals surface area contributed by atoms with Gasteiger partial charge in [-0.3, -0.25) is 0 Å². The number of ether oxygens (including phenoxy) is 2. The monoisotopic (exact) mass is 454 g/mol. The van der Waals surface area contributed by atoms with E-state index in [1.165, 1.54) is 116 Å². The standard InChI is InChI=1S/C29H58O3/c1-5-7-9-11-13-15-17-18-20-22-24-27(3)26-31-29(30)32-28(4)25-23-21-19-16-14-12-10-8-6-2/h27-28H,5-26H2,1-4H3. The van der Waals surface area contributed by atoms with Gasteiger partial charge in [0.1, 0.15) is 6.10 Å². The molecule has 0 bridgehead atoms. The Bertz CT molecular complexity index is 383. The number of carbonyl (C=O) groups excluding carboxylic acids is 1. The Morgan fingerprint density at radius 2 is 0.938 bits per heavy atom. The lowest BCUT2D eigenvalue weighted by Crippen LogP contribution is -2.18. The van der Waals surface area contributed by atoms with Gasteiger partial charge >= 0.3 is 6.16 Å². The summed E-state index contributed by atoms with van der Waals surface area (Å²) in [6.07, 6.45) is 27.1. The summed E-state index contributed by atoms with van der Waals surface area (Å²) >= 11 is 0. The van der Waals surface area contributed by atoms with E-state index in [2.05, 4.69) is 20.8 Å². The van der Waals surface area contributed by atoms with Crippen LogP contribution in [0, 0.1) is 5.92 Å². The van der Waals surface area contributed by atoms with Crippen LogP contribution < -0.4 is 0 Å². The number of hydrogen-bond donors (Lipinski definition) is 0. The molecule has 0 aromatic heterocycles. The summed E-state index contributed by atoms with van der Waals surface area (Å²) < 4.78 is 10.8. The molecule has 2 unspecified atom stereocenters. The molecule has 0 amide bonds. The van der Waals surface area contributed by atoms with Crippen LogP contribution in [-0.2, 0) is 9.47 Å². The first-order valence-electron chi connectivity index (χ1n) is 14.4. The van der Waals surface area contributed by atoms with Crippen LogP contribution in [0.25, 0.3) is 0 Å². The quantitative estimate of drug-likeness (QED) is 0.107. The Labute approximate surface area is 201 Å². The smallest absolute Gasteiger partial charge is 0.434 e. The van der Waals surface area contributed by atoms with E-state index >= 15 is 0 Å². The van der Waals surface area contributed by atoms with Crippen LogP contribution in [0.2, 0.25) is 0 Å². The zero-order valence-electron chi connectivity index (χ0n) is 22.4. The van der Waals surface area contributed by atoms with Crippen LogP contribution in [0.1, 0.15) is 163 Å². The van der Waals surface area contributed by atoms with Gasteiger partial charge in [-0.1, -0.05) is 136 Å². The third-order valence-corrected chi connectivity index (χ3v) is 6.55. The second kappa shape index (κ2) is 24.9. The molecule has 0 fully saturated rings. The van der Waals surface area contributed by atoms with E-state index in [0.717, 1.165) is 19.3 Å². The van der Waals surface area contributed by atoms with E-state index in [1.54, 1.807) is 0 Å². The van der Waals surface area contributed by atoms with Gasteiger partial charge in [0.15, 0.2) is 0 Å². The molecule has 0 saturated heterocycles. The highest BCUT2D eigenvalue weighted by Gasteiger charge is 2.12. The van der Waals surface area contributed by atoms with Crippen LogP contribution in [0.3, 0.4) is 0 Å². The minimum atomic E-state index is -0.483. The topological polar surface area (TPSA) is 35.5 Å². The molecule has 2 atom stereocenters. The minimum Gasteiger partial charge on any atom is -0.434 e. The predicted molar refractivity (Wildman–Crippen MR) is 139 cm³/mol. The third kappa shape index (κ3) is 23.9. The molecule has 32 heavy (non-hydrogen) atoms. The maximum atomic E-state index is 11.9. The highest BCUT2D eigenvalue weighted by atomic mass is 16.7. The van der Waals surface area contributed by atoms with Gasteiger partial charge in [-0.15, -0.1) is 0 Å². The molecule has 192 valence electrons. The number of unbranched alkanes of at least 4 members (excludes halogenated alkanes) is 17. The Hall–Kier alpha value is -0.730. The average molecular weight is 455 g/mol. The first kappa shape index (κ1) is 31.3. The van der Waals surface area contributed by atoms with E-state index in [9.17, 15) is 4.79 Å². The van der Waals surface area contributed by atoms with E-state index in [-0.39, 0.29) is 6.10 Å². The van der Waals surface area contributed by atoms with Crippen molar-refractivity contribution >= 4 is 6.16 Å². The van der Waals surface area contributed by atoms with Crippen molar-refractivity contribution in [2.75, 3.05) is 6.61 Å². The molecular weight excluding hydrogens is 396 g/mol. The lowest BCUT2D eigenvalue weighted by atomic mass is 10.0. The molecule has 0 aliphatic carbocycles. The summed E-state index contributed by atoms with van der Waals surface area (Å²) in [4.78, 5) is 11.9. The Morgan fingerprint density at radius 1 is 0.562 bits per heavy atom. The molecule has 0 aliphatic heterocycles. The van der Waals surface area contributed by atoms with Gasteiger partial charge in [0.25, 0.3) is 0 Å². The van der Waals surface area contributed by atoms with Crippen LogP contribution >= 0.6 is 0 Å². The number of rotatable bonds is 24. The zero-order valence-corrected chi connectivity index (χ0v) is 22.4. The van der Waals surface area contributed by atoms with Crippen LogP contribution in [0.4, 0.5) is 4.79 Å². The number of carbonyl (C=O) groups is 1. The van der Waals surface area contributed by atoms with Gasteiger partial charge in [0, 0.05) is 0 Å². The van der Waals surface area contributed by atoms with Crippen molar-refractivity contribution in [3.05, 3.63) is 0 Å². The largest absolute Gasteiger partial charge is 0.508 e. The Balaban J connectivity index is 3.44. The van der Waals surface area contributed by atoms with Crippen molar-refractivity contribution in [2.45, 2.75) is 169 Å². The van der Waals surface area contributed by atoms with Crippen LogP contribution in [-0.4, -0.2) is 18.9 Å². The summed E-state index contributed by atoms with van der Waals surface area (Å²) in [6.45, 7) is 9.18. The molecule has 0 aromatic rings. The van der Waals surface area contributed by atoms with Gasteiger partial charge in [0.05, 0.1) is 6.61 Å². The molecule has 0 N–H and O–H groups in total. The van der Waals surface area contributed by atoms with Crippen LogP contribution in [0.5, 0.6) is 0 Å². The molecule has 0 aromatic carbocycles. The molecule has 3 nitrogen and oxygen atoms in total. The second-order valence-corrected chi connectivity index (χ2v) is 10.2. The maximum absolute atomic E-state index is 11.9. The van der Waals surface area contributed by atoms with E-state index in [0.29, 0.717) is 12.5 Å². The van der Waals surface area contributed by atoms with Gasteiger partial charge in [-0.05, 0) is 32.1 Å². The van der Waals surface area contributed by atoms with Crippen molar-refractivity contribution in [2.24, 2.45) is 5.92 Å². The zero-order chi connectivity index (χ0) is 23.7. The van der Waals surface area contributed by atoms with E-state index < -0.39 is 6.16 Å². The van der Waals surface area contributed by atoms with Crippen molar-refractivity contribution in [3.8, 4) is 0 Å². The molecule has 0 spiro atoms. The van der Waals surface area contributed by atoms with Crippen LogP contribution in [0.15, 0.2) is 0 Å². The first-order valence-corrected chi connectivity index (χ1v) is 14.4. The summed E-state index contributed by atoms with van der Waals surface area (Å²) in [5.74, 6) is 0.421. The summed E-state index contributed by atoms with van der Waals surface area (Å²) in [5, 5.41) is 0. The Kier molecular flexibility index (Phi) is 24.3. The van der Waals surface area contributed by atoms with E-state index in [4.69, 9.17) is 9.47 Å². The summed E-state index contributed by atoms with van der Waals surface area (Å²) in [5.41, 5.74) is 0. The second-order valence-electron chi connectivity index (χ2n) is 10.2. The predicted octanol–water partition coefficient (Wildman–Crippen LogP) is 10.4.